The number of amides is 2. The second-order valence-electron chi connectivity index (χ2n) is 7.23. The lowest BCUT2D eigenvalue weighted by atomic mass is 9.84. The van der Waals surface area contributed by atoms with Gasteiger partial charge in [0.05, 0.1) is 11.6 Å². The quantitative estimate of drug-likeness (QED) is 0.879. The molecule has 4 rings (SSSR count). The minimum absolute atomic E-state index is 0.0945. The van der Waals surface area contributed by atoms with E-state index in [0.29, 0.717) is 24.8 Å². The van der Waals surface area contributed by atoms with E-state index in [2.05, 4.69) is 5.32 Å². The Morgan fingerprint density at radius 2 is 1.96 bits per heavy atom. The molecule has 2 saturated carbocycles. The first kappa shape index (κ1) is 15.6. The van der Waals surface area contributed by atoms with Crippen LogP contribution in [0.4, 0.5) is 10.1 Å². The van der Waals surface area contributed by atoms with Gasteiger partial charge in [-0.1, -0.05) is 12.1 Å². The highest BCUT2D eigenvalue weighted by Crippen LogP contribution is 2.47. The first-order valence-corrected chi connectivity index (χ1v) is 8.68. The van der Waals surface area contributed by atoms with Crippen LogP contribution in [0, 0.1) is 23.6 Å². The van der Waals surface area contributed by atoms with Crippen LogP contribution in [0.25, 0.3) is 0 Å². The number of carbonyl (C=O) groups is 2. The summed E-state index contributed by atoms with van der Waals surface area (Å²) in [4.78, 5) is 26.6. The van der Waals surface area contributed by atoms with Gasteiger partial charge in [-0.2, -0.15) is 0 Å². The molecular formula is C18H22FN3O2. The summed E-state index contributed by atoms with van der Waals surface area (Å²) in [5, 5.41) is 2.87. The SMILES string of the molecule is NC1C2CCC(C2)C1C(=O)NC1CCN(c2ccccc2F)C1=O. The average Bonchev–Trinajstić information content (AvgIpc) is 3.24. The highest BCUT2D eigenvalue weighted by Gasteiger charge is 2.50. The molecule has 1 aromatic rings. The van der Waals surface area contributed by atoms with Gasteiger partial charge in [0.2, 0.25) is 11.8 Å². The third-order valence-corrected chi connectivity index (χ3v) is 5.95. The summed E-state index contributed by atoms with van der Waals surface area (Å²) in [6.07, 6.45) is 3.68. The van der Waals surface area contributed by atoms with Crippen LogP contribution >= 0.6 is 0 Å². The monoisotopic (exact) mass is 331 g/mol. The van der Waals surface area contributed by atoms with Crippen molar-refractivity contribution in [2.24, 2.45) is 23.5 Å². The predicted molar refractivity (Wildman–Crippen MR) is 87.6 cm³/mol. The second-order valence-corrected chi connectivity index (χ2v) is 7.23. The zero-order valence-electron chi connectivity index (χ0n) is 13.5. The lowest BCUT2D eigenvalue weighted by Crippen LogP contribution is -2.50. The summed E-state index contributed by atoms with van der Waals surface area (Å²) in [5.41, 5.74) is 6.48. The van der Waals surface area contributed by atoms with Gasteiger partial charge in [0.15, 0.2) is 0 Å². The molecule has 3 aliphatic rings. The fraction of sp³-hybridized carbons (Fsp3) is 0.556. The Morgan fingerprint density at radius 3 is 2.67 bits per heavy atom. The van der Waals surface area contributed by atoms with E-state index in [4.69, 9.17) is 5.73 Å². The molecular weight excluding hydrogens is 309 g/mol. The van der Waals surface area contributed by atoms with E-state index >= 15 is 0 Å². The molecule has 2 aliphatic carbocycles. The number of halogens is 1. The number of nitrogens with one attached hydrogen (secondary N) is 1. The number of nitrogens with two attached hydrogens (primary N) is 1. The molecule has 6 heteroatoms. The number of anilines is 1. The number of benzene rings is 1. The van der Waals surface area contributed by atoms with Gasteiger partial charge in [-0.25, -0.2) is 4.39 Å². The van der Waals surface area contributed by atoms with Crippen LogP contribution in [0.2, 0.25) is 0 Å². The number of hydrogen-bond donors (Lipinski definition) is 2. The van der Waals surface area contributed by atoms with Crippen molar-refractivity contribution < 1.29 is 14.0 Å². The standard InChI is InChI=1S/C18H22FN3O2/c19-12-3-1-2-4-14(12)22-8-7-13(18(22)24)21-17(23)15-10-5-6-11(9-10)16(15)20/h1-4,10-11,13,15-16H,5-9,20H2,(H,21,23). The van der Waals surface area contributed by atoms with E-state index in [0.717, 1.165) is 19.3 Å². The van der Waals surface area contributed by atoms with E-state index in [1.54, 1.807) is 18.2 Å². The van der Waals surface area contributed by atoms with Gasteiger partial charge in [0, 0.05) is 12.6 Å². The summed E-state index contributed by atoms with van der Waals surface area (Å²) in [6, 6.07) is 5.54. The van der Waals surface area contributed by atoms with Crippen LogP contribution in [0.5, 0.6) is 0 Å². The molecule has 5 nitrogen and oxygen atoms in total. The van der Waals surface area contributed by atoms with Crippen molar-refractivity contribution in [3.8, 4) is 0 Å². The Labute approximate surface area is 140 Å². The van der Waals surface area contributed by atoms with E-state index in [-0.39, 0.29) is 29.5 Å². The molecule has 1 aliphatic heterocycles. The van der Waals surface area contributed by atoms with E-state index in [1.165, 1.54) is 11.0 Å². The molecule has 1 saturated heterocycles. The van der Waals surface area contributed by atoms with Crippen LogP contribution in [0.3, 0.4) is 0 Å². The minimum atomic E-state index is -0.580. The van der Waals surface area contributed by atoms with Crippen molar-refractivity contribution in [2.75, 3.05) is 11.4 Å². The zero-order chi connectivity index (χ0) is 16.8. The molecule has 1 heterocycles. The maximum atomic E-state index is 13.9. The summed E-state index contributed by atoms with van der Waals surface area (Å²) >= 11 is 0. The molecule has 0 spiro atoms. The Morgan fingerprint density at radius 1 is 1.21 bits per heavy atom. The molecule has 2 bridgehead atoms. The van der Waals surface area contributed by atoms with Crippen molar-refractivity contribution in [3.05, 3.63) is 30.1 Å². The Balaban J connectivity index is 1.44. The zero-order valence-corrected chi connectivity index (χ0v) is 13.5. The molecule has 24 heavy (non-hydrogen) atoms. The topological polar surface area (TPSA) is 75.4 Å². The molecule has 0 aromatic heterocycles. The lowest BCUT2D eigenvalue weighted by molar-refractivity contribution is -0.130. The van der Waals surface area contributed by atoms with E-state index in [1.807, 2.05) is 0 Å². The number of carbonyl (C=O) groups excluding carboxylic acids is 2. The van der Waals surface area contributed by atoms with Crippen LogP contribution in [-0.4, -0.2) is 30.4 Å². The summed E-state index contributed by atoms with van der Waals surface area (Å²) in [6.45, 7) is 0.410. The third-order valence-electron chi connectivity index (χ3n) is 5.95. The number of hydrogen-bond acceptors (Lipinski definition) is 3. The molecule has 5 atom stereocenters. The smallest absolute Gasteiger partial charge is 0.249 e. The Kier molecular flexibility index (Phi) is 3.79. The molecule has 1 aromatic carbocycles. The molecule has 0 radical (unpaired) electrons. The van der Waals surface area contributed by atoms with Crippen LogP contribution < -0.4 is 16.0 Å². The number of para-hydroxylation sites is 1. The van der Waals surface area contributed by atoms with Gasteiger partial charge in [-0.3, -0.25) is 9.59 Å². The first-order valence-electron chi connectivity index (χ1n) is 8.68. The van der Waals surface area contributed by atoms with Crippen molar-refractivity contribution >= 4 is 17.5 Å². The van der Waals surface area contributed by atoms with Gasteiger partial charge in [-0.15, -0.1) is 0 Å². The molecule has 2 amide bonds. The Hall–Kier alpha value is -1.95. The van der Waals surface area contributed by atoms with Crippen molar-refractivity contribution in [2.45, 2.75) is 37.8 Å². The number of rotatable bonds is 3. The molecule has 3 N–H and O–H groups in total. The van der Waals surface area contributed by atoms with Gasteiger partial charge in [-0.05, 0) is 49.7 Å². The predicted octanol–water partition coefficient (Wildman–Crippen LogP) is 1.42. The van der Waals surface area contributed by atoms with Gasteiger partial charge >= 0.3 is 0 Å². The summed E-state index contributed by atoms with van der Waals surface area (Å²) < 4.78 is 13.9. The van der Waals surface area contributed by atoms with E-state index < -0.39 is 11.9 Å². The molecule has 5 unspecified atom stereocenters. The minimum Gasteiger partial charge on any atom is -0.344 e. The third kappa shape index (κ3) is 2.40. The average molecular weight is 331 g/mol. The number of fused-ring (bicyclic) bond motifs is 2. The maximum Gasteiger partial charge on any atom is 0.249 e. The molecule has 128 valence electrons. The van der Waals surface area contributed by atoms with Gasteiger partial charge in [0.25, 0.3) is 0 Å². The first-order chi connectivity index (χ1) is 11.6. The largest absolute Gasteiger partial charge is 0.344 e. The molecule has 3 fully saturated rings. The van der Waals surface area contributed by atoms with Crippen molar-refractivity contribution in [1.82, 2.24) is 5.32 Å². The van der Waals surface area contributed by atoms with Crippen molar-refractivity contribution in [1.29, 1.82) is 0 Å². The normalized spacial score (nSPS) is 34.8. The maximum absolute atomic E-state index is 13.9. The van der Waals surface area contributed by atoms with E-state index in [9.17, 15) is 14.0 Å². The van der Waals surface area contributed by atoms with Crippen LogP contribution in [-0.2, 0) is 9.59 Å². The van der Waals surface area contributed by atoms with Gasteiger partial charge < -0.3 is 16.0 Å². The summed E-state index contributed by atoms with van der Waals surface area (Å²) in [5.74, 6) is -0.162. The lowest BCUT2D eigenvalue weighted by Gasteiger charge is -2.28. The summed E-state index contributed by atoms with van der Waals surface area (Å²) in [7, 11) is 0. The number of nitrogens with zero attached hydrogens (tertiary/aromatic N) is 1. The highest BCUT2D eigenvalue weighted by atomic mass is 19.1. The fourth-order valence-corrected chi connectivity index (χ4v) is 4.72. The Bertz CT molecular complexity index is 678. The van der Waals surface area contributed by atoms with Crippen LogP contribution in [0.1, 0.15) is 25.7 Å². The highest BCUT2D eigenvalue weighted by molar-refractivity contribution is 6.01. The second kappa shape index (κ2) is 5.84. The fourth-order valence-electron chi connectivity index (χ4n) is 4.72. The van der Waals surface area contributed by atoms with Crippen molar-refractivity contribution in [3.63, 3.8) is 0 Å². The van der Waals surface area contributed by atoms with Gasteiger partial charge in [0.1, 0.15) is 11.9 Å². The van der Waals surface area contributed by atoms with Crippen LogP contribution in [0.15, 0.2) is 24.3 Å².